The highest BCUT2D eigenvalue weighted by Gasteiger charge is 2.13. The third-order valence-electron chi connectivity index (χ3n) is 3.06. The van der Waals surface area contributed by atoms with Gasteiger partial charge in [-0.15, -0.1) is 0 Å². The Labute approximate surface area is 148 Å². The van der Waals surface area contributed by atoms with Crippen LogP contribution in [0.25, 0.3) is 6.08 Å². The van der Waals surface area contributed by atoms with E-state index in [4.69, 9.17) is 33.2 Å². The summed E-state index contributed by atoms with van der Waals surface area (Å²) in [7, 11) is 1.47. The number of hydrogen-bond donors (Lipinski definition) is 1. The normalized spacial score (nSPS) is 10.9. The van der Waals surface area contributed by atoms with Gasteiger partial charge in [-0.25, -0.2) is 4.39 Å². The highest BCUT2D eigenvalue weighted by atomic mass is 35.5. The van der Waals surface area contributed by atoms with E-state index in [-0.39, 0.29) is 16.2 Å². The van der Waals surface area contributed by atoms with Crippen molar-refractivity contribution >= 4 is 40.9 Å². The third-order valence-corrected chi connectivity index (χ3v) is 3.69. The average Bonchev–Trinajstić information content (AvgIpc) is 2.54. The summed E-state index contributed by atoms with van der Waals surface area (Å²) in [6.07, 6.45) is 1.10. The Hall–Kier alpha value is -2.55. The van der Waals surface area contributed by atoms with Gasteiger partial charge in [0.05, 0.1) is 17.2 Å². The van der Waals surface area contributed by atoms with Crippen LogP contribution >= 0.6 is 23.2 Å². The van der Waals surface area contributed by atoms with Crippen LogP contribution in [0.1, 0.15) is 5.56 Å². The standard InChI is InChI=1S/C17H11Cl2FN2O2/c1-24-16-6-5-11(8-14(16)19)22-17(23)10(9-21)7-12-13(18)3-2-4-15(12)20/h2-8H,1H3,(H,22,23)/b10-7+. The van der Waals surface area contributed by atoms with Crippen LogP contribution in [-0.2, 0) is 4.79 Å². The number of anilines is 1. The summed E-state index contributed by atoms with van der Waals surface area (Å²) >= 11 is 11.9. The molecule has 0 radical (unpaired) electrons. The number of carbonyl (C=O) groups excluding carboxylic acids is 1. The number of nitriles is 1. The van der Waals surface area contributed by atoms with Gasteiger partial charge in [0.1, 0.15) is 23.2 Å². The Balaban J connectivity index is 2.28. The van der Waals surface area contributed by atoms with E-state index < -0.39 is 11.7 Å². The molecule has 24 heavy (non-hydrogen) atoms. The van der Waals surface area contributed by atoms with Crippen molar-refractivity contribution in [2.45, 2.75) is 0 Å². The molecule has 2 aromatic rings. The van der Waals surface area contributed by atoms with Gasteiger partial charge in [0.25, 0.3) is 5.91 Å². The van der Waals surface area contributed by atoms with E-state index in [1.807, 2.05) is 0 Å². The SMILES string of the molecule is COc1ccc(NC(=O)/C(C#N)=C/c2c(F)cccc2Cl)cc1Cl. The Morgan fingerprint density at radius 2 is 2.04 bits per heavy atom. The Morgan fingerprint density at radius 3 is 2.62 bits per heavy atom. The van der Waals surface area contributed by atoms with Gasteiger partial charge in [-0.2, -0.15) is 5.26 Å². The van der Waals surface area contributed by atoms with E-state index in [2.05, 4.69) is 5.32 Å². The number of methoxy groups -OCH3 is 1. The predicted molar refractivity (Wildman–Crippen MR) is 91.6 cm³/mol. The minimum atomic E-state index is -0.710. The van der Waals surface area contributed by atoms with Crippen molar-refractivity contribution in [3.8, 4) is 11.8 Å². The van der Waals surface area contributed by atoms with Crippen molar-refractivity contribution in [1.82, 2.24) is 0 Å². The van der Waals surface area contributed by atoms with Crippen LogP contribution in [0.5, 0.6) is 5.75 Å². The molecule has 0 atom stereocenters. The maximum atomic E-state index is 13.8. The highest BCUT2D eigenvalue weighted by molar-refractivity contribution is 6.32. The quantitative estimate of drug-likeness (QED) is 0.632. The molecule has 0 fully saturated rings. The van der Waals surface area contributed by atoms with E-state index in [1.165, 1.54) is 31.4 Å². The molecule has 0 heterocycles. The lowest BCUT2D eigenvalue weighted by atomic mass is 10.1. The van der Waals surface area contributed by atoms with Crippen LogP contribution in [0, 0.1) is 17.1 Å². The molecule has 0 saturated carbocycles. The van der Waals surface area contributed by atoms with E-state index in [0.717, 1.165) is 6.08 Å². The van der Waals surface area contributed by atoms with Crippen molar-refractivity contribution in [3.05, 3.63) is 63.4 Å². The minimum absolute atomic E-state index is 0.0290. The van der Waals surface area contributed by atoms with E-state index in [0.29, 0.717) is 16.5 Å². The number of hydrogen-bond acceptors (Lipinski definition) is 3. The molecule has 0 spiro atoms. The molecule has 0 aromatic heterocycles. The number of ether oxygens (including phenoxy) is 1. The lowest BCUT2D eigenvalue weighted by Gasteiger charge is -2.08. The molecule has 7 heteroatoms. The predicted octanol–water partition coefficient (Wildman–Crippen LogP) is 4.69. The number of amides is 1. The van der Waals surface area contributed by atoms with Gasteiger partial charge in [-0.05, 0) is 36.4 Å². The summed E-state index contributed by atoms with van der Waals surface area (Å²) in [5.41, 5.74) is 0.0409. The molecule has 2 aromatic carbocycles. The first-order valence-electron chi connectivity index (χ1n) is 6.67. The summed E-state index contributed by atoms with van der Waals surface area (Å²) < 4.78 is 18.8. The van der Waals surface area contributed by atoms with Crippen molar-refractivity contribution in [2.24, 2.45) is 0 Å². The first-order valence-corrected chi connectivity index (χ1v) is 7.42. The smallest absolute Gasteiger partial charge is 0.266 e. The molecule has 0 saturated heterocycles. The van der Waals surface area contributed by atoms with Gasteiger partial charge in [0, 0.05) is 11.3 Å². The zero-order valence-corrected chi connectivity index (χ0v) is 14.0. The van der Waals surface area contributed by atoms with E-state index >= 15 is 0 Å². The number of benzene rings is 2. The van der Waals surface area contributed by atoms with Gasteiger partial charge in [-0.1, -0.05) is 29.3 Å². The first-order chi connectivity index (χ1) is 11.5. The zero-order chi connectivity index (χ0) is 17.7. The summed E-state index contributed by atoms with van der Waals surface area (Å²) in [4.78, 5) is 12.2. The lowest BCUT2D eigenvalue weighted by molar-refractivity contribution is -0.112. The molecule has 0 bridgehead atoms. The van der Waals surface area contributed by atoms with E-state index in [1.54, 1.807) is 18.2 Å². The van der Waals surface area contributed by atoms with Crippen LogP contribution in [0.15, 0.2) is 42.0 Å². The minimum Gasteiger partial charge on any atom is -0.495 e. The first kappa shape index (κ1) is 17.8. The largest absolute Gasteiger partial charge is 0.495 e. The van der Waals surface area contributed by atoms with Crippen LogP contribution < -0.4 is 10.1 Å². The summed E-state index contributed by atoms with van der Waals surface area (Å²) in [5.74, 6) is -0.891. The molecule has 4 nitrogen and oxygen atoms in total. The Bertz CT molecular complexity index is 840. The second-order valence-electron chi connectivity index (χ2n) is 4.61. The van der Waals surface area contributed by atoms with Gasteiger partial charge in [-0.3, -0.25) is 4.79 Å². The fraction of sp³-hybridized carbons (Fsp3) is 0.0588. The number of rotatable bonds is 4. The fourth-order valence-electron chi connectivity index (χ4n) is 1.88. The molecule has 0 aliphatic rings. The molecule has 1 amide bonds. The number of nitrogens with zero attached hydrogens (tertiary/aromatic N) is 1. The Morgan fingerprint density at radius 1 is 1.29 bits per heavy atom. The molecular weight excluding hydrogens is 354 g/mol. The van der Waals surface area contributed by atoms with Crippen LogP contribution in [0.2, 0.25) is 10.0 Å². The van der Waals surface area contributed by atoms with Crippen LogP contribution in [0.4, 0.5) is 10.1 Å². The van der Waals surface area contributed by atoms with Crippen molar-refractivity contribution < 1.29 is 13.9 Å². The Kier molecular flexibility index (Phi) is 5.80. The van der Waals surface area contributed by atoms with Crippen molar-refractivity contribution in [3.63, 3.8) is 0 Å². The molecule has 122 valence electrons. The van der Waals surface area contributed by atoms with Crippen molar-refractivity contribution in [2.75, 3.05) is 12.4 Å². The molecule has 0 aliphatic carbocycles. The maximum absolute atomic E-state index is 13.8. The summed E-state index contributed by atoms with van der Waals surface area (Å²) in [6, 6.07) is 10.4. The second kappa shape index (κ2) is 7.82. The van der Waals surface area contributed by atoms with Crippen LogP contribution in [-0.4, -0.2) is 13.0 Å². The maximum Gasteiger partial charge on any atom is 0.266 e. The number of halogens is 3. The highest BCUT2D eigenvalue weighted by Crippen LogP contribution is 2.27. The fourth-order valence-corrected chi connectivity index (χ4v) is 2.36. The van der Waals surface area contributed by atoms with Crippen molar-refractivity contribution in [1.29, 1.82) is 5.26 Å². The second-order valence-corrected chi connectivity index (χ2v) is 5.42. The molecular formula is C17H11Cl2FN2O2. The molecule has 0 aliphatic heterocycles. The van der Waals surface area contributed by atoms with Gasteiger partial charge < -0.3 is 10.1 Å². The number of carbonyl (C=O) groups is 1. The molecule has 0 unspecified atom stereocenters. The lowest BCUT2D eigenvalue weighted by Crippen LogP contribution is -2.13. The van der Waals surface area contributed by atoms with E-state index in [9.17, 15) is 9.18 Å². The van der Waals surface area contributed by atoms with Gasteiger partial charge >= 0.3 is 0 Å². The monoisotopic (exact) mass is 364 g/mol. The zero-order valence-electron chi connectivity index (χ0n) is 12.4. The summed E-state index contributed by atoms with van der Waals surface area (Å²) in [5, 5.41) is 12.1. The number of nitrogens with one attached hydrogen (secondary N) is 1. The third kappa shape index (κ3) is 4.05. The average molecular weight is 365 g/mol. The van der Waals surface area contributed by atoms with Gasteiger partial charge in [0.15, 0.2) is 0 Å². The molecule has 1 N–H and O–H groups in total. The summed E-state index contributed by atoms with van der Waals surface area (Å²) in [6.45, 7) is 0. The van der Waals surface area contributed by atoms with Crippen LogP contribution in [0.3, 0.4) is 0 Å². The van der Waals surface area contributed by atoms with Gasteiger partial charge in [0.2, 0.25) is 0 Å². The molecule has 2 rings (SSSR count). The topological polar surface area (TPSA) is 62.1 Å².